The first kappa shape index (κ1) is 13.0. The lowest BCUT2D eigenvalue weighted by molar-refractivity contribution is 0.641. The van der Waals surface area contributed by atoms with Crippen LogP contribution in [0.4, 0.5) is 11.4 Å². The lowest BCUT2D eigenvalue weighted by Crippen LogP contribution is -2.41. The summed E-state index contributed by atoms with van der Waals surface area (Å²) in [5.74, 6) is 0. The predicted octanol–water partition coefficient (Wildman–Crippen LogP) is 4.07. The third kappa shape index (κ3) is 2.51. The molecule has 0 fully saturated rings. The number of anilines is 2. The van der Waals surface area contributed by atoms with Gasteiger partial charge in [0.1, 0.15) is 0 Å². The number of para-hydroxylation sites is 2. The van der Waals surface area contributed by atoms with E-state index in [1.165, 1.54) is 22.5 Å². The first-order valence-electron chi connectivity index (χ1n) is 7.45. The van der Waals surface area contributed by atoms with E-state index in [1.807, 2.05) is 0 Å². The average molecular weight is 266 g/mol. The fraction of sp³-hybridized carbons (Fsp3) is 0.333. The van der Waals surface area contributed by atoms with Crippen LogP contribution in [0.1, 0.15) is 25.0 Å². The van der Waals surface area contributed by atoms with Gasteiger partial charge in [-0.2, -0.15) is 0 Å². The third-order valence-electron chi connectivity index (χ3n) is 4.12. The number of nitrogens with one attached hydrogen (secondary N) is 1. The minimum atomic E-state index is 0.510. The van der Waals surface area contributed by atoms with Gasteiger partial charge in [0.2, 0.25) is 0 Å². The fourth-order valence-corrected chi connectivity index (χ4v) is 2.80. The number of hydrogen-bond donors (Lipinski definition) is 1. The summed E-state index contributed by atoms with van der Waals surface area (Å²) in [5, 5.41) is 3.50. The minimum Gasteiger partial charge on any atom is -0.381 e. The van der Waals surface area contributed by atoms with Crippen molar-refractivity contribution in [1.82, 2.24) is 0 Å². The number of hydrogen-bond acceptors (Lipinski definition) is 2. The molecular weight excluding hydrogens is 244 g/mol. The minimum absolute atomic E-state index is 0.510. The molecule has 0 saturated heterocycles. The van der Waals surface area contributed by atoms with Crippen LogP contribution < -0.4 is 10.2 Å². The highest BCUT2D eigenvalue weighted by Crippen LogP contribution is 2.32. The maximum absolute atomic E-state index is 3.50. The van der Waals surface area contributed by atoms with Gasteiger partial charge in [-0.25, -0.2) is 0 Å². The van der Waals surface area contributed by atoms with Gasteiger partial charge in [0.05, 0.1) is 11.4 Å². The summed E-state index contributed by atoms with van der Waals surface area (Å²) in [7, 11) is 0. The molecule has 0 radical (unpaired) electrons. The molecule has 0 bridgehead atoms. The van der Waals surface area contributed by atoms with Crippen LogP contribution >= 0.6 is 0 Å². The quantitative estimate of drug-likeness (QED) is 0.901. The van der Waals surface area contributed by atoms with Gasteiger partial charge >= 0.3 is 0 Å². The van der Waals surface area contributed by atoms with E-state index >= 15 is 0 Å². The van der Waals surface area contributed by atoms with E-state index in [4.69, 9.17) is 0 Å². The molecule has 2 heteroatoms. The van der Waals surface area contributed by atoms with Crippen LogP contribution in [0.15, 0.2) is 48.5 Å². The van der Waals surface area contributed by atoms with Gasteiger partial charge in [0.25, 0.3) is 0 Å². The van der Waals surface area contributed by atoms with Crippen LogP contribution in [-0.4, -0.2) is 12.6 Å². The molecule has 0 amide bonds. The molecule has 1 aliphatic heterocycles. The average Bonchev–Trinajstić information content (AvgIpc) is 2.51. The van der Waals surface area contributed by atoms with Crippen molar-refractivity contribution >= 4 is 11.4 Å². The molecule has 1 aliphatic rings. The van der Waals surface area contributed by atoms with Crippen molar-refractivity contribution in [3.63, 3.8) is 0 Å². The molecule has 2 nitrogen and oxygen atoms in total. The zero-order chi connectivity index (χ0) is 13.9. The van der Waals surface area contributed by atoms with Gasteiger partial charge < -0.3 is 10.2 Å². The van der Waals surface area contributed by atoms with Gasteiger partial charge in [-0.3, -0.25) is 0 Å². The molecule has 0 spiro atoms. The lowest BCUT2D eigenvalue weighted by atomic mass is 10.1. The molecule has 2 aromatic carbocycles. The van der Waals surface area contributed by atoms with E-state index in [-0.39, 0.29) is 0 Å². The Kier molecular flexibility index (Phi) is 3.64. The molecule has 0 aliphatic carbocycles. The van der Waals surface area contributed by atoms with Crippen LogP contribution in [0.5, 0.6) is 0 Å². The van der Waals surface area contributed by atoms with Crippen molar-refractivity contribution in [2.24, 2.45) is 0 Å². The van der Waals surface area contributed by atoms with Crippen molar-refractivity contribution in [1.29, 1.82) is 0 Å². The molecule has 1 heterocycles. The maximum atomic E-state index is 3.50. The summed E-state index contributed by atoms with van der Waals surface area (Å²) in [6.07, 6.45) is 1.10. The summed E-state index contributed by atoms with van der Waals surface area (Å²) in [5.41, 5.74) is 5.34. The highest BCUT2D eigenvalue weighted by atomic mass is 15.2. The summed E-state index contributed by atoms with van der Waals surface area (Å²) >= 11 is 0. The lowest BCUT2D eigenvalue weighted by Gasteiger charge is -2.37. The van der Waals surface area contributed by atoms with Crippen LogP contribution in [0.3, 0.4) is 0 Å². The molecule has 20 heavy (non-hydrogen) atoms. The van der Waals surface area contributed by atoms with Gasteiger partial charge in [-0.15, -0.1) is 0 Å². The fourth-order valence-electron chi connectivity index (χ4n) is 2.80. The van der Waals surface area contributed by atoms with Crippen LogP contribution in [-0.2, 0) is 13.0 Å². The predicted molar refractivity (Wildman–Crippen MR) is 86.4 cm³/mol. The second kappa shape index (κ2) is 5.58. The summed E-state index contributed by atoms with van der Waals surface area (Å²) < 4.78 is 0. The Balaban J connectivity index is 1.85. The number of nitrogens with zero attached hydrogens (tertiary/aromatic N) is 1. The number of fused-ring (bicyclic) bond motifs is 1. The van der Waals surface area contributed by atoms with E-state index in [0.29, 0.717) is 6.04 Å². The Bertz CT molecular complexity index is 574. The van der Waals surface area contributed by atoms with E-state index in [9.17, 15) is 0 Å². The molecule has 0 saturated carbocycles. The van der Waals surface area contributed by atoms with Crippen molar-refractivity contribution in [3.05, 3.63) is 59.7 Å². The smallest absolute Gasteiger partial charge is 0.0608 e. The first-order chi connectivity index (χ1) is 9.78. The van der Waals surface area contributed by atoms with Crippen molar-refractivity contribution in [3.8, 4) is 0 Å². The maximum Gasteiger partial charge on any atom is 0.0608 e. The topological polar surface area (TPSA) is 15.3 Å². The van der Waals surface area contributed by atoms with E-state index < -0.39 is 0 Å². The Morgan fingerprint density at radius 3 is 2.50 bits per heavy atom. The van der Waals surface area contributed by atoms with Gasteiger partial charge in [-0.1, -0.05) is 43.3 Å². The molecule has 0 aromatic heterocycles. The van der Waals surface area contributed by atoms with Crippen LogP contribution in [0, 0.1) is 0 Å². The van der Waals surface area contributed by atoms with Crippen molar-refractivity contribution in [2.75, 3.05) is 16.8 Å². The molecule has 104 valence electrons. The second-order valence-corrected chi connectivity index (χ2v) is 5.55. The third-order valence-corrected chi connectivity index (χ3v) is 4.12. The Labute approximate surface area is 121 Å². The molecule has 1 unspecified atom stereocenters. The number of rotatable bonds is 3. The standard InChI is InChI=1S/C18H22N2/c1-3-15-8-10-16(11-9-15)13-20-14(2)12-19-17-6-4-5-7-18(17)20/h4-11,14,19H,3,12-13H2,1-2H3. The summed E-state index contributed by atoms with van der Waals surface area (Å²) in [6, 6.07) is 18.1. The molecule has 2 aromatic rings. The Morgan fingerprint density at radius 1 is 1.05 bits per heavy atom. The normalized spacial score (nSPS) is 17.5. The highest BCUT2D eigenvalue weighted by Gasteiger charge is 2.22. The van der Waals surface area contributed by atoms with Gasteiger partial charge in [0.15, 0.2) is 0 Å². The van der Waals surface area contributed by atoms with Gasteiger partial charge in [0, 0.05) is 19.1 Å². The van der Waals surface area contributed by atoms with Gasteiger partial charge in [-0.05, 0) is 36.6 Å². The largest absolute Gasteiger partial charge is 0.381 e. The van der Waals surface area contributed by atoms with Crippen LogP contribution in [0.2, 0.25) is 0 Å². The zero-order valence-electron chi connectivity index (χ0n) is 12.3. The SMILES string of the molecule is CCc1ccc(CN2c3ccccc3NCC2C)cc1. The molecular formula is C18H22N2. The van der Waals surface area contributed by atoms with Crippen molar-refractivity contribution in [2.45, 2.75) is 32.9 Å². The van der Waals surface area contributed by atoms with E-state index in [1.54, 1.807) is 0 Å². The van der Waals surface area contributed by atoms with E-state index in [2.05, 4.69) is 72.6 Å². The second-order valence-electron chi connectivity index (χ2n) is 5.55. The molecule has 1 atom stereocenters. The zero-order valence-corrected chi connectivity index (χ0v) is 12.3. The van der Waals surface area contributed by atoms with Crippen molar-refractivity contribution < 1.29 is 0 Å². The Morgan fingerprint density at radius 2 is 1.75 bits per heavy atom. The monoisotopic (exact) mass is 266 g/mol. The summed E-state index contributed by atoms with van der Waals surface area (Å²) in [4.78, 5) is 2.49. The molecule has 1 N–H and O–H groups in total. The Hall–Kier alpha value is -1.96. The summed E-state index contributed by atoms with van der Waals surface area (Å²) in [6.45, 7) is 6.46. The van der Waals surface area contributed by atoms with Crippen LogP contribution in [0.25, 0.3) is 0 Å². The molecule has 3 rings (SSSR count). The van der Waals surface area contributed by atoms with E-state index in [0.717, 1.165) is 19.5 Å². The first-order valence-corrected chi connectivity index (χ1v) is 7.45. The highest BCUT2D eigenvalue weighted by molar-refractivity contribution is 5.72. The number of aryl methyl sites for hydroxylation is 1. The number of benzene rings is 2.